The van der Waals surface area contributed by atoms with Crippen molar-refractivity contribution in [2.75, 3.05) is 33.4 Å². The van der Waals surface area contributed by atoms with Crippen molar-refractivity contribution in [3.05, 3.63) is 23.4 Å². The summed E-state index contributed by atoms with van der Waals surface area (Å²) in [5.41, 5.74) is 7.32. The second kappa shape index (κ2) is 5.12. The topological polar surface area (TPSA) is 67.6 Å². The Morgan fingerprint density at radius 2 is 2.17 bits per heavy atom. The third-order valence-corrected chi connectivity index (χ3v) is 3.49. The van der Waals surface area contributed by atoms with Crippen LogP contribution in [0.15, 0.2) is 23.4 Å². The standard InChI is InChI=1S/C13H21N3O2/c1-13(14)4-3-10(9-11(13)12(17)15-2)16-5-7-18-8-6-16/h3,9H,4-8,14H2,1-2H3,(H,15,17). The van der Waals surface area contributed by atoms with Gasteiger partial charge >= 0.3 is 0 Å². The fraction of sp³-hybridized carbons (Fsp3) is 0.615. The number of hydrogen-bond acceptors (Lipinski definition) is 4. The van der Waals surface area contributed by atoms with Gasteiger partial charge in [0.25, 0.3) is 0 Å². The quantitative estimate of drug-likeness (QED) is 0.725. The Labute approximate surface area is 108 Å². The Morgan fingerprint density at radius 1 is 1.50 bits per heavy atom. The van der Waals surface area contributed by atoms with Gasteiger partial charge in [-0.1, -0.05) is 6.08 Å². The highest BCUT2D eigenvalue weighted by molar-refractivity contribution is 5.96. The Morgan fingerprint density at radius 3 is 2.78 bits per heavy atom. The molecule has 0 aromatic rings. The van der Waals surface area contributed by atoms with Gasteiger partial charge in [-0.2, -0.15) is 0 Å². The highest BCUT2D eigenvalue weighted by Gasteiger charge is 2.32. The lowest BCUT2D eigenvalue weighted by atomic mass is 9.84. The number of hydrogen-bond donors (Lipinski definition) is 2. The number of nitrogens with one attached hydrogen (secondary N) is 1. The van der Waals surface area contributed by atoms with Gasteiger partial charge < -0.3 is 20.7 Å². The van der Waals surface area contributed by atoms with Crippen molar-refractivity contribution < 1.29 is 9.53 Å². The second-order valence-corrected chi connectivity index (χ2v) is 4.99. The van der Waals surface area contributed by atoms with Crippen LogP contribution in [0.25, 0.3) is 0 Å². The number of rotatable bonds is 2. The van der Waals surface area contributed by atoms with E-state index >= 15 is 0 Å². The Kier molecular flexibility index (Phi) is 3.73. The molecule has 18 heavy (non-hydrogen) atoms. The van der Waals surface area contributed by atoms with E-state index in [2.05, 4.69) is 16.3 Å². The molecule has 0 saturated carbocycles. The van der Waals surface area contributed by atoms with Gasteiger partial charge in [-0.05, 0) is 19.4 Å². The first-order valence-corrected chi connectivity index (χ1v) is 6.30. The molecule has 1 amide bonds. The molecule has 2 aliphatic rings. The number of likely N-dealkylation sites (N-methyl/N-ethyl adjacent to an activating group) is 1. The SMILES string of the molecule is CNC(=O)C1=CC(N2CCOCC2)=CCC1(C)N. The fourth-order valence-corrected chi connectivity index (χ4v) is 2.30. The van der Waals surface area contributed by atoms with E-state index in [1.54, 1.807) is 7.05 Å². The lowest BCUT2D eigenvalue weighted by Crippen LogP contribution is -2.46. The molecular formula is C13H21N3O2. The highest BCUT2D eigenvalue weighted by atomic mass is 16.5. The number of carbonyl (C=O) groups is 1. The van der Waals surface area contributed by atoms with Crippen molar-refractivity contribution in [3.63, 3.8) is 0 Å². The predicted octanol–water partition coefficient (Wildman–Crippen LogP) is -0.00400. The first-order chi connectivity index (χ1) is 8.54. The Balaban J connectivity index is 2.21. The normalized spacial score (nSPS) is 28.5. The van der Waals surface area contributed by atoms with Crippen molar-refractivity contribution in [2.24, 2.45) is 5.73 Å². The average Bonchev–Trinajstić information content (AvgIpc) is 2.38. The molecule has 0 aromatic heterocycles. The van der Waals surface area contributed by atoms with Crippen LogP contribution in [0.2, 0.25) is 0 Å². The Hall–Kier alpha value is -1.33. The number of carbonyl (C=O) groups excluding carboxylic acids is 1. The van der Waals surface area contributed by atoms with Crippen LogP contribution in [0.4, 0.5) is 0 Å². The van der Waals surface area contributed by atoms with Crippen molar-refractivity contribution in [1.82, 2.24) is 10.2 Å². The lowest BCUT2D eigenvalue weighted by molar-refractivity contribution is -0.117. The molecule has 5 nitrogen and oxygen atoms in total. The predicted molar refractivity (Wildman–Crippen MR) is 69.8 cm³/mol. The molecule has 1 unspecified atom stereocenters. The van der Waals surface area contributed by atoms with Crippen LogP contribution in [-0.2, 0) is 9.53 Å². The summed E-state index contributed by atoms with van der Waals surface area (Å²) in [4.78, 5) is 14.1. The van der Waals surface area contributed by atoms with Crippen LogP contribution in [-0.4, -0.2) is 49.7 Å². The maximum atomic E-state index is 11.9. The molecule has 0 bridgehead atoms. The molecule has 1 fully saturated rings. The van der Waals surface area contributed by atoms with E-state index in [4.69, 9.17) is 10.5 Å². The van der Waals surface area contributed by atoms with Crippen LogP contribution in [0.5, 0.6) is 0 Å². The van der Waals surface area contributed by atoms with Gasteiger partial charge in [0.15, 0.2) is 0 Å². The van der Waals surface area contributed by atoms with Crippen molar-refractivity contribution in [2.45, 2.75) is 18.9 Å². The maximum absolute atomic E-state index is 11.9. The van der Waals surface area contributed by atoms with Gasteiger partial charge in [0, 0.05) is 36.9 Å². The van der Waals surface area contributed by atoms with E-state index in [0.29, 0.717) is 12.0 Å². The van der Waals surface area contributed by atoms with E-state index in [1.807, 2.05) is 13.0 Å². The molecule has 1 heterocycles. The summed E-state index contributed by atoms with van der Waals surface area (Å²) in [6.07, 6.45) is 4.70. The van der Waals surface area contributed by atoms with Crippen molar-refractivity contribution in [1.29, 1.82) is 0 Å². The summed E-state index contributed by atoms with van der Waals surface area (Å²) < 4.78 is 5.33. The minimum absolute atomic E-state index is 0.0983. The first-order valence-electron chi connectivity index (χ1n) is 6.30. The van der Waals surface area contributed by atoms with E-state index in [0.717, 1.165) is 32.0 Å². The lowest BCUT2D eigenvalue weighted by Gasteiger charge is -2.35. The molecule has 0 radical (unpaired) electrons. The third kappa shape index (κ3) is 2.57. The van der Waals surface area contributed by atoms with E-state index in [9.17, 15) is 4.79 Å². The van der Waals surface area contributed by atoms with Crippen LogP contribution in [0, 0.1) is 0 Å². The van der Waals surface area contributed by atoms with Gasteiger partial charge in [-0.15, -0.1) is 0 Å². The number of nitrogens with zero attached hydrogens (tertiary/aromatic N) is 1. The molecule has 1 atom stereocenters. The van der Waals surface area contributed by atoms with Crippen LogP contribution in [0.3, 0.4) is 0 Å². The minimum atomic E-state index is -0.587. The zero-order valence-corrected chi connectivity index (χ0v) is 11.0. The largest absolute Gasteiger partial charge is 0.378 e. The van der Waals surface area contributed by atoms with Crippen LogP contribution in [0.1, 0.15) is 13.3 Å². The molecule has 100 valence electrons. The molecule has 3 N–H and O–H groups in total. The van der Waals surface area contributed by atoms with Crippen molar-refractivity contribution >= 4 is 5.91 Å². The van der Waals surface area contributed by atoms with E-state index in [-0.39, 0.29) is 5.91 Å². The summed E-state index contributed by atoms with van der Waals surface area (Å²) in [7, 11) is 1.63. The fourth-order valence-electron chi connectivity index (χ4n) is 2.30. The molecule has 0 spiro atoms. The molecule has 1 saturated heterocycles. The number of nitrogens with two attached hydrogens (primary N) is 1. The van der Waals surface area contributed by atoms with E-state index in [1.165, 1.54) is 0 Å². The minimum Gasteiger partial charge on any atom is -0.378 e. The van der Waals surface area contributed by atoms with E-state index < -0.39 is 5.54 Å². The summed E-state index contributed by atoms with van der Waals surface area (Å²) in [6, 6.07) is 0. The molecule has 5 heteroatoms. The monoisotopic (exact) mass is 251 g/mol. The summed E-state index contributed by atoms with van der Waals surface area (Å²) in [5.74, 6) is -0.0983. The maximum Gasteiger partial charge on any atom is 0.248 e. The summed E-state index contributed by atoms with van der Waals surface area (Å²) in [6.45, 7) is 5.09. The number of amides is 1. The molecule has 0 aromatic carbocycles. The molecule has 1 aliphatic carbocycles. The van der Waals surface area contributed by atoms with Gasteiger partial charge in [0.1, 0.15) is 0 Å². The highest BCUT2D eigenvalue weighted by Crippen LogP contribution is 2.27. The third-order valence-electron chi connectivity index (χ3n) is 3.49. The van der Waals surface area contributed by atoms with Crippen LogP contribution < -0.4 is 11.1 Å². The molecule has 2 rings (SSSR count). The zero-order valence-electron chi connectivity index (χ0n) is 11.0. The van der Waals surface area contributed by atoms with Gasteiger partial charge in [-0.3, -0.25) is 4.79 Å². The van der Waals surface area contributed by atoms with Gasteiger partial charge in [-0.25, -0.2) is 0 Å². The number of ether oxygens (including phenoxy) is 1. The van der Waals surface area contributed by atoms with Gasteiger partial charge in [0.2, 0.25) is 5.91 Å². The number of morpholine rings is 1. The average molecular weight is 251 g/mol. The molecular weight excluding hydrogens is 230 g/mol. The Bertz CT molecular complexity index is 393. The smallest absolute Gasteiger partial charge is 0.248 e. The second-order valence-electron chi connectivity index (χ2n) is 4.99. The van der Waals surface area contributed by atoms with Crippen molar-refractivity contribution in [3.8, 4) is 0 Å². The van der Waals surface area contributed by atoms with Gasteiger partial charge in [0.05, 0.1) is 13.2 Å². The summed E-state index contributed by atoms with van der Waals surface area (Å²) >= 11 is 0. The molecule has 1 aliphatic heterocycles. The zero-order chi connectivity index (χ0) is 13.2. The first kappa shape index (κ1) is 13.1. The van der Waals surface area contributed by atoms with Crippen LogP contribution >= 0.6 is 0 Å². The number of allylic oxidation sites excluding steroid dienone is 1. The summed E-state index contributed by atoms with van der Waals surface area (Å²) in [5, 5.41) is 2.66.